The van der Waals surface area contributed by atoms with Crippen molar-refractivity contribution in [2.45, 2.75) is 58.2 Å². The summed E-state index contributed by atoms with van der Waals surface area (Å²) in [5.74, 6) is 1.42. The van der Waals surface area contributed by atoms with Crippen molar-refractivity contribution in [2.75, 3.05) is 6.54 Å². The van der Waals surface area contributed by atoms with Crippen LogP contribution in [0.2, 0.25) is 0 Å². The number of likely N-dealkylation sites (tertiary alicyclic amines) is 1. The molecule has 96 valence electrons. The van der Waals surface area contributed by atoms with E-state index in [0.29, 0.717) is 12.4 Å². The van der Waals surface area contributed by atoms with E-state index in [4.69, 9.17) is 4.52 Å². The lowest BCUT2D eigenvalue weighted by Crippen LogP contribution is -2.45. The Labute approximate surface area is 102 Å². The molecule has 1 aliphatic heterocycles. The highest BCUT2D eigenvalue weighted by molar-refractivity contribution is 4.89. The Hall–Kier alpha value is -0.940. The zero-order chi connectivity index (χ0) is 12.3. The average Bonchev–Trinajstić information content (AvgIpc) is 2.77. The van der Waals surface area contributed by atoms with Crippen molar-refractivity contribution >= 4 is 0 Å². The molecule has 0 aliphatic carbocycles. The molecule has 17 heavy (non-hydrogen) atoms. The summed E-state index contributed by atoms with van der Waals surface area (Å²) in [5.41, 5.74) is 0. The molecule has 2 unspecified atom stereocenters. The number of aryl methyl sites for hydroxylation is 1. The smallest absolute Gasteiger partial charge is 0.240 e. The van der Waals surface area contributed by atoms with Crippen molar-refractivity contribution < 1.29 is 9.63 Å². The summed E-state index contributed by atoms with van der Waals surface area (Å²) >= 11 is 0. The highest BCUT2D eigenvalue weighted by Gasteiger charge is 2.27. The molecular formula is C12H21N3O2. The Bertz CT molecular complexity index is 351. The Kier molecular flexibility index (Phi) is 4.12. The van der Waals surface area contributed by atoms with Crippen molar-refractivity contribution in [3.05, 3.63) is 11.7 Å². The molecule has 1 aliphatic rings. The number of hydrogen-bond acceptors (Lipinski definition) is 5. The van der Waals surface area contributed by atoms with Gasteiger partial charge in [0, 0.05) is 12.5 Å². The number of hydrogen-bond donors (Lipinski definition) is 1. The fourth-order valence-corrected chi connectivity index (χ4v) is 2.43. The average molecular weight is 239 g/mol. The van der Waals surface area contributed by atoms with Crippen LogP contribution >= 0.6 is 0 Å². The van der Waals surface area contributed by atoms with Crippen molar-refractivity contribution in [3.8, 4) is 0 Å². The van der Waals surface area contributed by atoms with Gasteiger partial charge in [0.25, 0.3) is 0 Å². The van der Waals surface area contributed by atoms with E-state index in [1.165, 1.54) is 12.8 Å². The molecule has 0 saturated carbocycles. The van der Waals surface area contributed by atoms with Crippen LogP contribution in [0.1, 0.15) is 44.8 Å². The van der Waals surface area contributed by atoms with Crippen LogP contribution in [0.5, 0.6) is 0 Å². The topological polar surface area (TPSA) is 62.4 Å². The summed E-state index contributed by atoms with van der Waals surface area (Å²) in [6, 6.07) is 0.223. The summed E-state index contributed by atoms with van der Waals surface area (Å²) in [7, 11) is 0. The molecule has 2 rings (SSSR count). The second-order valence-electron chi connectivity index (χ2n) is 4.73. The van der Waals surface area contributed by atoms with Gasteiger partial charge in [-0.1, -0.05) is 18.5 Å². The van der Waals surface area contributed by atoms with Gasteiger partial charge in [-0.05, 0) is 26.3 Å². The normalized spacial score (nSPS) is 23.8. The Morgan fingerprint density at radius 1 is 1.53 bits per heavy atom. The number of aromatic nitrogens is 2. The molecule has 1 fully saturated rings. The van der Waals surface area contributed by atoms with Crippen LogP contribution in [0.15, 0.2) is 4.52 Å². The van der Waals surface area contributed by atoms with E-state index < -0.39 is 0 Å². The number of aliphatic hydroxyl groups is 1. The predicted molar refractivity (Wildman–Crippen MR) is 63.4 cm³/mol. The van der Waals surface area contributed by atoms with Gasteiger partial charge in [-0.25, -0.2) is 0 Å². The van der Waals surface area contributed by atoms with E-state index in [2.05, 4.69) is 15.0 Å². The maximum Gasteiger partial charge on any atom is 0.240 e. The van der Waals surface area contributed by atoms with Gasteiger partial charge in [-0.15, -0.1) is 0 Å². The summed E-state index contributed by atoms with van der Waals surface area (Å²) in [6.07, 6.45) is 3.91. The van der Waals surface area contributed by atoms with Crippen molar-refractivity contribution in [2.24, 2.45) is 0 Å². The fourth-order valence-electron chi connectivity index (χ4n) is 2.43. The van der Waals surface area contributed by atoms with Gasteiger partial charge in [0.2, 0.25) is 5.89 Å². The molecule has 5 heteroatoms. The third kappa shape index (κ3) is 3.04. The molecule has 2 atom stereocenters. The SMILES string of the molecule is CCc1noc(CN2CCCCC2C(C)O)n1. The van der Waals surface area contributed by atoms with Crippen LogP contribution in [0.25, 0.3) is 0 Å². The fraction of sp³-hybridized carbons (Fsp3) is 0.833. The van der Waals surface area contributed by atoms with E-state index >= 15 is 0 Å². The summed E-state index contributed by atoms with van der Waals surface area (Å²) in [5, 5.41) is 13.7. The zero-order valence-electron chi connectivity index (χ0n) is 10.6. The molecular weight excluding hydrogens is 218 g/mol. The third-order valence-electron chi connectivity index (χ3n) is 3.39. The van der Waals surface area contributed by atoms with Crippen LogP contribution in [-0.4, -0.2) is 38.8 Å². The lowest BCUT2D eigenvalue weighted by molar-refractivity contribution is 0.0260. The first-order chi connectivity index (χ1) is 8.20. The lowest BCUT2D eigenvalue weighted by atomic mass is 9.98. The Morgan fingerprint density at radius 2 is 2.35 bits per heavy atom. The van der Waals surface area contributed by atoms with Crippen molar-refractivity contribution in [1.29, 1.82) is 0 Å². The van der Waals surface area contributed by atoms with E-state index in [1.807, 2.05) is 13.8 Å². The van der Waals surface area contributed by atoms with Gasteiger partial charge in [-0.2, -0.15) is 4.98 Å². The van der Waals surface area contributed by atoms with Crippen LogP contribution in [0.4, 0.5) is 0 Å². The predicted octanol–water partition coefficient (Wildman–Crippen LogP) is 1.37. The summed E-state index contributed by atoms with van der Waals surface area (Å²) in [6.45, 7) is 5.52. The lowest BCUT2D eigenvalue weighted by Gasteiger charge is -2.36. The van der Waals surface area contributed by atoms with Gasteiger partial charge in [0.05, 0.1) is 12.6 Å². The van der Waals surface area contributed by atoms with Crippen molar-refractivity contribution in [1.82, 2.24) is 15.0 Å². The first-order valence-electron chi connectivity index (χ1n) is 6.44. The highest BCUT2D eigenvalue weighted by Crippen LogP contribution is 2.21. The van der Waals surface area contributed by atoms with Crippen LogP contribution in [0.3, 0.4) is 0 Å². The van der Waals surface area contributed by atoms with E-state index in [-0.39, 0.29) is 12.1 Å². The molecule has 5 nitrogen and oxygen atoms in total. The molecule has 1 aromatic heterocycles. The molecule has 1 aromatic rings. The first-order valence-corrected chi connectivity index (χ1v) is 6.44. The monoisotopic (exact) mass is 239 g/mol. The van der Waals surface area contributed by atoms with Gasteiger partial charge < -0.3 is 9.63 Å². The molecule has 1 N–H and O–H groups in total. The van der Waals surface area contributed by atoms with E-state index in [1.54, 1.807) is 0 Å². The van der Waals surface area contributed by atoms with Gasteiger partial charge in [-0.3, -0.25) is 4.90 Å². The molecule has 0 amide bonds. The third-order valence-corrected chi connectivity index (χ3v) is 3.39. The second-order valence-corrected chi connectivity index (χ2v) is 4.73. The number of piperidine rings is 1. The zero-order valence-corrected chi connectivity index (χ0v) is 10.6. The minimum atomic E-state index is -0.302. The molecule has 0 bridgehead atoms. The van der Waals surface area contributed by atoms with Crippen LogP contribution < -0.4 is 0 Å². The molecule has 0 radical (unpaired) electrons. The molecule has 0 spiro atoms. The number of aliphatic hydroxyl groups excluding tert-OH is 1. The maximum absolute atomic E-state index is 9.77. The minimum absolute atomic E-state index is 0.223. The highest BCUT2D eigenvalue weighted by atomic mass is 16.5. The van der Waals surface area contributed by atoms with Crippen molar-refractivity contribution in [3.63, 3.8) is 0 Å². The maximum atomic E-state index is 9.77. The molecule has 2 heterocycles. The minimum Gasteiger partial charge on any atom is -0.392 e. The van der Waals surface area contributed by atoms with E-state index in [0.717, 1.165) is 25.2 Å². The van der Waals surface area contributed by atoms with Gasteiger partial charge >= 0.3 is 0 Å². The summed E-state index contributed by atoms with van der Waals surface area (Å²) in [4.78, 5) is 6.57. The quantitative estimate of drug-likeness (QED) is 0.859. The number of rotatable bonds is 4. The van der Waals surface area contributed by atoms with Crippen LogP contribution in [0, 0.1) is 0 Å². The second kappa shape index (κ2) is 5.60. The van der Waals surface area contributed by atoms with E-state index in [9.17, 15) is 5.11 Å². The van der Waals surface area contributed by atoms with Gasteiger partial charge in [0.1, 0.15) is 0 Å². The number of nitrogens with zero attached hydrogens (tertiary/aromatic N) is 3. The Morgan fingerprint density at radius 3 is 3.00 bits per heavy atom. The molecule has 0 aromatic carbocycles. The molecule has 1 saturated heterocycles. The standard InChI is InChI=1S/C12H21N3O2/c1-3-11-13-12(17-14-11)8-15-7-5-4-6-10(15)9(2)16/h9-10,16H,3-8H2,1-2H3. The Balaban J connectivity index is 2.00. The van der Waals surface area contributed by atoms with Gasteiger partial charge in [0.15, 0.2) is 5.82 Å². The first kappa shape index (κ1) is 12.5. The van der Waals surface area contributed by atoms with Crippen LogP contribution in [-0.2, 0) is 13.0 Å². The summed E-state index contributed by atoms with van der Waals surface area (Å²) < 4.78 is 5.20. The largest absolute Gasteiger partial charge is 0.392 e.